The third-order valence-corrected chi connectivity index (χ3v) is 3.14. The highest BCUT2D eigenvalue weighted by Gasteiger charge is 2.08. The molecule has 3 heteroatoms. The van der Waals surface area contributed by atoms with Crippen molar-refractivity contribution in [3.63, 3.8) is 0 Å². The molecule has 3 nitrogen and oxygen atoms in total. The molecule has 1 heterocycles. The maximum atomic E-state index is 5.23. The predicted molar refractivity (Wildman–Crippen MR) is 71.2 cm³/mol. The fourth-order valence-corrected chi connectivity index (χ4v) is 1.88. The van der Waals surface area contributed by atoms with Crippen LogP contribution in [0.1, 0.15) is 39.2 Å². The van der Waals surface area contributed by atoms with Crippen molar-refractivity contribution in [3.8, 4) is 5.88 Å². The molecule has 0 bridgehead atoms. The van der Waals surface area contributed by atoms with E-state index in [4.69, 9.17) is 4.74 Å². The van der Waals surface area contributed by atoms with Gasteiger partial charge in [-0.15, -0.1) is 0 Å². The maximum Gasteiger partial charge on any atom is 0.217 e. The van der Waals surface area contributed by atoms with E-state index in [1.54, 1.807) is 13.3 Å². The van der Waals surface area contributed by atoms with Gasteiger partial charge in [0.1, 0.15) is 0 Å². The van der Waals surface area contributed by atoms with Gasteiger partial charge in [0.05, 0.1) is 7.11 Å². The predicted octanol–water partition coefficient (Wildman–Crippen LogP) is 3.00. The summed E-state index contributed by atoms with van der Waals surface area (Å²) < 4.78 is 5.23. The lowest BCUT2D eigenvalue weighted by molar-refractivity contribution is 0.381. The number of pyridine rings is 1. The fraction of sp³-hybridized carbons (Fsp3) is 0.643. The molecule has 0 spiro atoms. The van der Waals surface area contributed by atoms with Crippen LogP contribution in [-0.4, -0.2) is 18.1 Å². The number of ether oxygens (including phenoxy) is 1. The molecule has 1 N–H and O–H groups in total. The number of rotatable bonds is 7. The van der Waals surface area contributed by atoms with Gasteiger partial charge < -0.3 is 10.1 Å². The van der Waals surface area contributed by atoms with E-state index >= 15 is 0 Å². The van der Waals surface area contributed by atoms with Gasteiger partial charge in [0, 0.05) is 24.3 Å². The van der Waals surface area contributed by atoms with Crippen LogP contribution in [0.25, 0.3) is 0 Å². The van der Waals surface area contributed by atoms with Crippen molar-refractivity contribution in [1.29, 1.82) is 0 Å². The smallest absolute Gasteiger partial charge is 0.217 e. The van der Waals surface area contributed by atoms with Crippen molar-refractivity contribution in [2.45, 2.75) is 46.2 Å². The van der Waals surface area contributed by atoms with Crippen molar-refractivity contribution in [3.05, 3.63) is 23.9 Å². The third kappa shape index (κ3) is 4.73. The largest absolute Gasteiger partial charge is 0.481 e. The van der Waals surface area contributed by atoms with Crippen LogP contribution in [0.15, 0.2) is 18.3 Å². The van der Waals surface area contributed by atoms with Gasteiger partial charge >= 0.3 is 0 Å². The second-order valence-corrected chi connectivity index (χ2v) is 4.70. The Labute approximate surface area is 105 Å². The first kappa shape index (κ1) is 14.0. The van der Waals surface area contributed by atoms with Gasteiger partial charge in [-0.05, 0) is 25.3 Å². The Bertz CT molecular complexity index is 328. The first-order chi connectivity index (χ1) is 8.17. The Kier molecular flexibility index (Phi) is 5.98. The molecule has 0 saturated carbocycles. The molecule has 0 aromatic carbocycles. The van der Waals surface area contributed by atoms with Crippen LogP contribution in [0.4, 0.5) is 0 Å². The summed E-state index contributed by atoms with van der Waals surface area (Å²) in [7, 11) is 1.66. The number of aromatic nitrogens is 1. The molecule has 0 aliphatic heterocycles. The summed E-state index contributed by atoms with van der Waals surface area (Å²) in [5.41, 5.74) is 1.12. The molecular weight excluding hydrogens is 212 g/mol. The second-order valence-electron chi connectivity index (χ2n) is 4.70. The molecule has 0 fully saturated rings. The Morgan fingerprint density at radius 3 is 2.82 bits per heavy atom. The number of nitrogens with zero attached hydrogens (tertiary/aromatic N) is 1. The van der Waals surface area contributed by atoms with Crippen molar-refractivity contribution >= 4 is 0 Å². The minimum Gasteiger partial charge on any atom is -0.481 e. The summed E-state index contributed by atoms with van der Waals surface area (Å²) in [6.45, 7) is 7.58. The van der Waals surface area contributed by atoms with Crippen LogP contribution < -0.4 is 10.1 Å². The summed E-state index contributed by atoms with van der Waals surface area (Å²) >= 11 is 0. The highest BCUT2D eigenvalue weighted by molar-refractivity contribution is 5.25. The van der Waals surface area contributed by atoms with Crippen LogP contribution in [0.5, 0.6) is 5.88 Å². The van der Waals surface area contributed by atoms with Crippen molar-refractivity contribution in [1.82, 2.24) is 10.3 Å². The maximum absolute atomic E-state index is 5.23. The van der Waals surface area contributed by atoms with E-state index in [2.05, 4.69) is 37.1 Å². The van der Waals surface area contributed by atoms with Gasteiger partial charge in [0.25, 0.3) is 0 Å². The number of hydrogen-bond donors (Lipinski definition) is 1. The van der Waals surface area contributed by atoms with E-state index in [0.29, 0.717) is 6.04 Å². The lowest BCUT2D eigenvalue weighted by Gasteiger charge is -2.18. The molecular formula is C14H24N2O. The Balaban J connectivity index is 2.44. The monoisotopic (exact) mass is 236 g/mol. The van der Waals surface area contributed by atoms with E-state index in [9.17, 15) is 0 Å². The lowest BCUT2D eigenvalue weighted by atomic mass is 10.0. The van der Waals surface area contributed by atoms with Gasteiger partial charge in [0.15, 0.2) is 0 Å². The van der Waals surface area contributed by atoms with Gasteiger partial charge in [-0.2, -0.15) is 0 Å². The quantitative estimate of drug-likeness (QED) is 0.790. The van der Waals surface area contributed by atoms with E-state index < -0.39 is 0 Å². The summed E-state index contributed by atoms with van der Waals surface area (Å²) in [6.07, 6.45) is 4.20. The fourth-order valence-electron chi connectivity index (χ4n) is 1.88. The summed E-state index contributed by atoms with van der Waals surface area (Å²) in [4.78, 5) is 4.19. The molecule has 1 rings (SSSR count). The highest BCUT2D eigenvalue weighted by atomic mass is 16.5. The number of nitrogens with one attached hydrogen (secondary N) is 1. The van der Waals surface area contributed by atoms with Gasteiger partial charge in [0.2, 0.25) is 5.88 Å². The summed E-state index contributed by atoms with van der Waals surface area (Å²) in [6, 6.07) is 4.52. The van der Waals surface area contributed by atoms with Crippen molar-refractivity contribution in [2.75, 3.05) is 7.11 Å². The summed E-state index contributed by atoms with van der Waals surface area (Å²) in [5, 5.41) is 3.52. The molecule has 2 unspecified atom stereocenters. The van der Waals surface area contributed by atoms with E-state index in [1.807, 2.05) is 6.07 Å². The molecule has 0 aliphatic rings. The van der Waals surface area contributed by atoms with E-state index in [0.717, 1.165) is 23.9 Å². The van der Waals surface area contributed by atoms with Gasteiger partial charge in [-0.25, -0.2) is 4.98 Å². The molecule has 96 valence electrons. The first-order valence-corrected chi connectivity index (χ1v) is 6.38. The average molecular weight is 236 g/mol. The second kappa shape index (κ2) is 7.28. The van der Waals surface area contributed by atoms with Crippen LogP contribution >= 0.6 is 0 Å². The van der Waals surface area contributed by atoms with E-state index in [1.165, 1.54) is 12.8 Å². The third-order valence-electron chi connectivity index (χ3n) is 3.14. The number of hydrogen-bond acceptors (Lipinski definition) is 3. The van der Waals surface area contributed by atoms with Crippen LogP contribution in [-0.2, 0) is 6.54 Å². The van der Waals surface area contributed by atoms with Crippen LogP contribution in [0.3, 0.4) is 0 Å². The van der Waals surface area contributed by atoms with Crippen LogP contribution in [0.2, 0.25) is 0 Å². The van der Waals surface area contributed by atoms with Gasteiger partial charge in [-0.3, -0.25) is 0 Å². The zero-order chi connectivity index (χ0) is 12.7. The summed E-state index contributed by atoms with van der Waals surface area (Å²) in [5.74, 6) is 1.49. The molecule has 0 aliphatic carbocycles. The molecule has 1 aromatic rings. The minimum absolute atomic E-state index is 0.523. The van der Waals surface area contributed by atoms with Crippen LogP contribution in [0, 0.1) is 5.92 Å². The first-order valence-electron chi connectivity index (χ1n) is 6.38. The normalized spacial score (nSPS) is 14.4. The Morgan fingerprint density at radius 2 is 2.18 bits per heavy atom. The Hall–Kier alpha value is -1.09. The highest BCUT2D eigenvalue weighted by Crippen LogP contribution is 2.14. The zero-order valence-electron chi connectivity index (χ0n) is 11.4. The van der Waals surface area contributed by atoms with Crippen molar-refractivity contribution < 1.29 is 4.74 Å². The van der Waals surface area contributed by atoms with Crippen molar-refractivity contribution in [2.24, 2.45) is 5.92 Å². The van der Waals surface area contributed by atoms with E-state index in [-0.39, 0.29) is 0 Å². The standard InChI is InChI=1S/C14H24N2O/c1-5-11(2)9-12(3)16-10-13-7-6-8-15-14(13)17-4/h6-8,11-12,16H,5,9-10H2,1-4H3. The molecule has 0 amide bonds. The topological polar surface area (TPSA) is 34.2 Å². The lowest BCUT2D eigenvalue weighted by Crippen LogP contribution is -2.27. The molecule has 0 saturated heterocycles. The number of methoxy groups -OCH3 is 1. The minimum atomic E-state index is 0.523. The molecule has 17 heavy (non-hydrogen) atoms. The molecule has 0 radical (unpaired) electrons. The zero-order valence-corrected chi connectivity index (χ0v) is 11.4. The van der Waals surface area contributed by atoms with Gasteiger partial charge in [-0.1, -0.05) is 26.3 Å². The SMILES string of the molecule is CCC(C)CC(C)NCc1cccnc1OC. The molecule has 1 aromatic heterocycles. The Morgan fingerprint density at radius 1 is 1.41 bits per heavy atom. The average Bonchev–Trinajstić information content (AvgIpc) is 2.36. The molecule has 2 atom stereocenters.